The van der Waals surface area contributed by atoms with E-state index in [9.17, 15) is 9.59 Å². The molecule has 2 heterocycles. The van der Waals surface area contributed by atoms with E-state index < -0.39 is 5.97 Å². The first kappa shape index (κ1) is 23.2. The van der Waals surface area contributed by atoms with Crippen LogP contribution in [0.25, 0.3) is 0 Å². The third kappa shape index (κ3) is 7.39. The number of aryl methyl sites for hydroxylation is 1. The monoisotopic (exact) mass is 385 g/mol. The fraction of sp³-hybridized carbons (Fsp3) is 0.500. The molecule has 1 aromatic heterocycles. The van der Waals surface area contributed by atoms with Crippen LogP contribution in [0.4, 0.5) is 0 Å². The Labute approximate surface area is 183 Å². The molecule has 1 amide bonds. The van der Waals surface area contributed by atoms with Crippen molar-refractivity contribution in [2.24, 2.45) is 0 Å². The van der Waals surface area contributed by atoms with Gasteiger partial charge < -0.3 is 11.4 Å². The Balaban J connectivity index is 0.00000338. The number of amides is 1. The van der Waals surface area contributed by atoms with E-state index in [-0.39, 0.29) is 42.9 Å². The molecular weight excluding hydrogens is 357 g/mol. The third-order valence-corrected chi connectivity index (χ3v) is 5.51. The maximum atomic E-state index is 12.1. The van der Waals surface area contributed by atoms with Gasteiger partial charge in [0.2, 0.25) is 5.91 Å². The second-order valence-electron chi connectivity index (χ2n) is 6.32. The summed E-state index contributed by atoms with van der Waals surface area (Å²) >= 11 is 1.32. The number of carboxylic acids is 1. The van der Waals surface area contributed by atoms with Crippen LogP contribution in [0.1, 0.15) is 61.4 Å². The van der Waals surface area contributed by atoms with E-state index in [1.807, 2.05) is 11.0 Å². The standard InChI is InChI=1S/C20H27NO3S.Na.H/c1-2-3-4-5-6-7-9-16-11-14-19(22)21(16)15-8-10-17-12-13-18(25-17)20(23)24;;/h5-7,9,12-13,16H,2-4,8,10-11,14-15H2,1H3,(H,23,24);;/q;+1;-1/b6-5+,9-7+;;/t16-;;/m0../s1. The first-order valence-electron chi connectivity index (χ1n) is 9.06. The molecule has 26 heavy (non-hydrogen) atoms. The predicted molar refractivity (Wildman–Crippen MR) is 103 cm³/mol. The maximum Gasteiger partial charge on any atom is 1.00 e. The molecule has 0 aromatic carbocycles. The van der Waals surface area contributed by atoms with Crippen molar-refractivity contribution in [1.82, 2.24) is 4.90 Å². The first-order chi connectivity index (χ1) is 12.1. The fourth-order valence-corrected chi connectivity index (χ4v) is 3.87. The van der Waals surface area contributed by atoms with Crippen LogP contribution in [0.2, 0.25) is 0 Å². The number of hydrogen-bond donors (Lipinski definition) is 1. The number of thiophene rings is 1. The van der Waals surface area contributed by atoms with Gasteiger partial charge in [-0.05, 0) is 37.8 Å². The summed E-state index contributed by atoms with van der Waals surface area (Å²) in [5, 5.41) is 8.96. The molecule has 0 spiro atoms. The number of aromatic carboxylic acids is 1. The molecular formula is C20H28NNaO3S. The van der Waals surface area contributed by atoms with Gasteiger partial charge in [-0.25, -0.2) is 4.79 Å². The SMILES string of the molecule is CCCC/C=C/C=C/[C@H]1CCC(=O)N1CCCc1ccc(C(=O)O)s1.[H-].[Na+]. The van der Waals surface area contributed by atoms with Gasteiger partial charge >= 0.3 is 35.5 Å². The Bertz CT molecular complexity index is 645. The number of carboxylic acid groups (broad SMARTS) is 1. The molecule has 1 saturated heterocycles. The normalized spacial score (nSPS) is 17.3. The second-order valence-corrected chi connectivity index (χ2v) is 7.49. The Morgan fingerprint density at radius 3 is 2.88 bits per heavy atom. The quantitative estimate of drug-likeness (QED) is 0.380. The number of allylic oxidation sites excluding steroid dienone is 3. The van der Waals surface area contributed by atoms with Crippen molar-refractivity contribution in [3.63, 3.8) is 0 Å². The van der Waals surface area contributed by atoms with E-state index in [0.717, 1.165) is 37.1 Å². The number of unbranched alkanes of at least 4 members (excludes halogenated alkanes) is 2. The molecule has 0 aliphatic carbocycles. The molecule has 0 bridgehead atoms. The second kappa shape index (κ2) is 12.5. The van der Waals surface area contributed by atoms with Crippen molar-refractivity contribution in [2.45, 2.75) is 57.9 Å². The largest absolute Gasteiger partial charge is 1.00 e. The Morgan fingerprint density at radius 2 is 2.19 bits per heavy atom. The van der Waals surface area contributed by atoms with Gasteiger partial charge in [0.15, 0.2) is 0 Å². The van der Waals surface area contributed by atoms with Crippen LogP contribution in [0, 0.1) is 0 Å². The maximum absolute atomic E-state index is 12.1. The molecule has 0 unspecified atom stereocenters. The van der Waals surface area contributed by atoms with E-state index >= 15 is 0 Å². The number of carbonyl (C=O) groups is 2. The van der Waals surface area contributed by atoms with Gasteiger partial charge in [-0.2, -0.15) is 0 Å². The molecule has 1 atom stereocenters. The van der Waals surface area contributed by atoms with Gasteiger partial charge in [0.1, 0.15) is 4.88 Å². The number of rotatable bonds is 10. The van der Waals surface area contributed by atoms with Gasteiger partial charge in [0.05, 0.1) is 6.04 Å². The molecule has 1 fully saturated rings. The van der Waals surface area contributed by atoms with Crippen molar-refractivity contribution in [2.75, 3.05) is 6.54 Å². The minimum absolute atomic E-state index is 0. The van der Waals surface area contributed by atoms with Crippen molar-refractivity contribution in [3.8, 4) is 0 Å². The first-order valence-corrected chi connectivity index (χ1v) is 9.88. The summed E-state index contributed by atoms with van der Waals surface area (Å²) < 4.78 is 0. The van der Waals surface area contributed by atoms with Crippen molar-refractivity contribution in [3.05, 3.63) is 46.2 Å². The zero-order chi connectivity index (χ0) is 18.1. The fourth-order valence-electron chi connectivity index (χ4n) is 2.99. The molecule has 1 aromatic rings. The Morgan fingerprint density at radius 1 is 1.38 bits per heavy atom. The summed E-state index contributed by atoms with van der Waals surface area (Å²) in [5.74, 6) is -0.648. The van der Waals surface area contributed by atoms with E-state index in [1.165, 1.54) is 24.2 Å². The molecule has 6 heteroatoms. The minimum atomic E-state index is -0.872. The third-order valence-electron chi connectivity index (χ3n) is 4.37. The number of nitrogens with zero attached hydrogens (tertiary/aromatic N) is 1. The number of hydrogen-bond acceptors (Lipinski definition) is 3. The van der Waals surface area contributed by atoms with Gasteiger partial charge in [0, 0.05) is 17.8 Å². The summed E-state index contributed by atoms with van der Waals surface area (Å²) in [7, 11) is 0. The van der Waals surface area contributed by atoms with E-state index in [0.29, 0.717) is 11.3 Å². The molecule has 0 saturated carbocycles. The summed E-state index contributed by atoms with van der Waals surface area (Å²) in [4.78, 5) is 26.4. The zero-order valence-corrected chi connectivity index (χ0v) is 18.6. The summed E-state index contributed by atoms with van der Waals surface area (Å²) in [6, 6.07) is 3.72. The average Bonchev–Trinajstić information content (AvgIpc) is 3.19. The van der Waals surface area contributed by atoms with Crippen molar-refractivity contribution in [1.29, 1.82) is 0 Å². The van der Waals surface area contributed by atoms with Crippen molar-refractivity contribution >= 4 is 23.2 Å². The van der Waals surface area contributed by atoms with Gasteiger partial charge in [0.25, 0.3) is 0 Å². The topological polar surface area (TPSA) is 57.6 Å². The molecule has 138 valence electrons. The van der Waals surface area contributed by atoms with Crippen LogP contribution in [-0.4, -0.2) is 34.5 Å². The summed E-state index contributed by atoms with van der Waals surface area (Å²) in [5.41, 5.74) is 0. The average molecular weight is 386 g/mol. The van der Waals surface area contributed by atoms with Crippen LogP contribution in [-0.2, 0) is 11.2 Å². The van der Waals surface area contributed by atoms with Crippen LogP contribution in [0.5, 0.6) is 0 Å². The molecule has 4 nitrogen and oxygen atoms in total. The molecule has 1 aliphatic rings. The molecule has 2 rings (SSSR count). The van der Waals surface area contributed by atoms with Crippen LogP contribution >= 0.6 is 11.3 Å². The van der Waals surface area contributed by atoms with Gasteiger partial charge in [-0.15, -0.1) is 11.3 Å². The van der Waals surface area contributed by atoms with Gasteiger partial charge in [-0.3, -0.25) is 4.79 Å². The van der Waals surface area contributed by atoms with Crippen molar-refractivity contribution < 1.29 is 45.7 Å². The predicted octanol–water partition coefficient (Wildman–Crippen LogP) is 1.79. The molecule has 1 aliphatic heterocycles. The van der Waals surface area contributed by atoms with Crippen LogP contribution < -0.4 is 29.6 Å². The van der Waals surface area contributed by atoms with Gasteiger partial charge in [-0.1, -0.05) is 44.1 Å². The minimum Gasteiger partial charge on any atom is -1.00 e. The Hall–Kier alpha value is -0.880. The zero-order valence-electron chi connectivity index (χ0n) is 16.8. The van der Waals surface area contributed by atoms with E-state index in [4.69, 9.17) is 5.11 Å². The number of likely N-dealkylation sites (tertiary alicyclic amines) is 1. The summed E-state index contributed by atoms with van der Waals surface area (Å²) in [6.45, 7) is 2.91. The summed E-state index contributed by atoms with van der Waals surface area (Å²) in [6.07, 6.45) is 15.2. The van der Waals surface area contributed by atoms with Crippen LogP contribution in [0.15, 0.2) is 36.4 Å². The molecule has 1 N–H and O–H groups in total. The Kier molecular flexibility index (Phi) is 11.1. The van der Waals surface area contributed by atoms with E-state index in [2.05, 4.69) is 31.2 Å². The van der Waals surface area contributed by atoms with E-state index in [1.54, 1.807) is 6.07 Å². The molecule has 0 radical (unpaired) electrons. The number of carbonyl (C=O) groups excluding carboxylic acids is 1. The smallest absolute Gasteiger partial charge is 1.00 e. The van der Waals surface area contributed by atoms with Crippen LogP contribution in [0.3, 0.4) is 0 Å².